The predicted octanol–water partition coefficient (Wildman–Crippen LogP) is 6.38. The Morgan fingerprint density at radius 1 is 0.750 bits per heavy atom. The number of aromatic nitrogens is 3. The van der Waals surface area contributed by atoms with Crippen LogP contribution in [0.4, 0.5) is 26.7 Å². The molecule has 4 aromatic rings. The fourth-order valence-electron chi connectivity index (χ4n) is 3.62. The van der Waals surface area contributed by atoms with Crippen molar-refractivity contribution in [1.29, 1.82) is 0 Å². The molecule has 16 heteroatoms. The zero-order valence-corrected chi connectivity index (χ0v) is 32.5. The molecule has 0 atom stereocenters. The first-order valence-corrected chi connectivity index (χ1v) is 17.1. The number of azo groups is 1. The maximum Gasteiger partial charge on any atom is 0.375 e. The summed E-state index contributed by atoms with van der Waals surface area (Å²) in [5.74, 6) is -0.174. The molecule has 0 saturated carbocycles. The number of rotatable bonds is 6. The van der Waals surface area contributed by atoms with Crippen LogP contribution in [0.25, 0.3) is 5.69 Å². The zero-order chi connectivity index (χ0) is 34.4. The number of carbonyl (C=O) groups is 3. The summed E-state index contributed by atoms with van der Waals surface area (Å²) in [5, 5.41) is 10.8. The Kier molecular flexibility index (Phi) is 20.0. The molecule has 0 spiro atoms. The molecule has 0 bridgehead atoms. The first-order chi connectivity index (χ1) is 21.9. The van der Waals surface area contributed by atoms with E-state index in [0.29, 0.717) is 11.4 Å². The number of anilines is 3. The van der Waals surface area contributed by atoms with Crippen LogP contribution < -0.4 is 26.1 Å². The molecule has 4 amide bonds. The van der Waals surface area contributed by atoms with Gasteiger partial charge in [-0.1, -0.05) is 25.1 Å². The molecule has 14 nitrogen and oxygen atoms in total. The molecule has 0 radical (unpaired) electrons. The molecule has 0 saturated heterocycles. The second-order valence-electron chi connectivity index (χ2n) is 9.40. The van der Waals surface area contributed by atoms with Gasteiger partial charge in [0, 0.05) is 70.7 Å². The monoisotopic (exact) mass is 1000 g/mol. The molecule has 1 aromatic heterocycles. The largest absolute Gasteiger partial charge is 0.378 e. The van der Waals surface area contributed by atoms with Crippen LogP contribution in [0.2, 0.25) is 0 Å². The molecule has 2 heterocycles. The maximum atomic E-state index is 11.3. The number of aromatic amines is 2. The molecule has 0 unspecified atom stereocenters. The van der Waals surface area contributed by atoms with E-state index in [2.05, 4.69) is 27.8 Å². The second-order valence-corrected chi connectivity index (χ2v) is 13.5. The molecule has 3 aromatic carbocycles. The van der Waals surface area contributed by atoms with E-state index in [-0.39, 0.29) is 51.9 Å². The van der Waals surface area contributed by atoms with Gasteiger partial charge >= 0.3 is 103 Å². The van der Waals surface area contributed by atoms with Crippen molar-refractivity contribution in [1.82, 2.24) is 14.8 Å². The number of halogens is 1. The van der Waals surface area contributed by atoms with Crippen molar-refractivity contribution < 1.29 is 49.9 Å². The third kappa shape index (κ3) is 12.9. The van der Waals surface area contributed by atoms with Gasteiger partial charge in [-0.3, -0.25) is 0 Å². The Balaban J connectivity index is 0. The van der Waals surface area contributed by atoms with Crippen LogP contribution in [0.5, 0.6) is 0 Å². The number of imide groups is 1. The average Bonchev–Trinajstić information content (AvgIpc) is 3.57. The Bertz CT molecular complexity index is 1680. The molecular formula is C32H44IN8O6U-. The van der Waals surface area contributed by atoms with Crippen molar-refractivity contribution >= 4 is 55.3 Å². The smallest absolute Gasteiger partial charge is 0.375 e. The molecule has 2 N–H and O–H groups in total. The van der Waals surface area contributed by atoms with Crippen molar-refractivity contribution in [3.8, 4) is 5.69 Å². The number of nitrogens with one attached hydrogen (secondary N) is 2. The van der Waals surface area contributed by atoms with Gasteiger partial charge < -0.3 is 17.2 Å². The number of hydrogen-bond donors (Lipinski definition) is 2. The van der Waals surface area contributed by atoms with E-state index < -0.39 is 43.7 Å². The van der Waals surface area contributed by atoms with Gasteiger partial charge in [0.05, 0.1) is 11.4 Å². The van der Waals surface area contributed by atoms with Gasteiger partial charge in [-0.25, -0.2) is 40.2 Å². The van der Waals surface area contributed by atoms with E-state index in [1.807, 2.05) is 97.5 Å². The maximum absolute atomic E-state index is 11.3. The number of hydrogen-bond acceptors (Lipinski definition) is 8. The van der Waals surface area contributed by atoms with Crippen LogP contribution in [-0.2, 0) is 7.86 Å². The molecule has 0 aliphatic carbocycles. The summed E-state index contributed by atoms with van der Waals surface area (Å²) in [4.78, 5) is 62.6. The molecule has 1 aliphatic rings. The van der Waals surface area contributed by atoms with Crippen molar-refractivity contribution in [3.63, 3.8) is 0 Å². The number of alkyl halides is 1. The molecule has 0 fully saturated rings. The van der Waals surface area contributed by atoms with Crippen molar-refractivity contribution in [2.45, 2.75) is 21.8 Å². The van der Waals surface area contributed by atoms with Gasteiger partial charge in [-0.05, 0) is 48.5 Å². The SMILES string of the molecule is C.C.CC(=O)OI(C)c1ccccc1.CN(C)c1ccc(-n2c(=O)[nH][nH]c2=O)cc1.CN(C)c1ccc(N2C(=O)N=NC2=O)cc1.[2H][CH2-].[U]. The first kappa shape index (κ1) is 44.0. The predicted molar refractivity (Wildman–Crippen MR) is 197 cm³/mol. The van der Waals surface area contributed by atoms with Crippen molar-refractivity contribution in [2.75, 3.05) is 47.8 Å². The van der Waals surface area contributed by atoms with E-state index in [0.717, 1.165) is 20.8 Å². The number of urea groups is 2. The number of nitrogens with zero attached hydrogens (tertiary/aromatic N) is 6. The molecule has 260 valence electrons. The second kappa shape index (κ2) is 21.8. The van der Waals surface area contributed by atoms with Crippen LogP contribution in [0.1, 0.15) is 23.1 Å². The number of benzene rings is 3. The van der Waals surface area contributed by atoms with E-state index in [9.17, 15) is 24.0 Å². The fraction of sp³-hybridized carbons (Fsp3) is 0.250. The number of carbonyl (C=O) groups excluding carboxylic acids is 3. The van der Waals surface area contributed by atoms with E-state index in [1.54, 1.807) is 24.3 Å². The summed E-state index contributed by atoms with van der Waals surface area (Å²) < 4.78 is 12.9. The summed E-state index contributed by atoms with van der Waals surface area (Å²) >= 11 is -1.64. The van der Waals surface area contributed by atoms with Crippen LogP contribution in [0, 0.1) is 42.1 Å². The van der Waals surface area contributed by atoms with Crippen molar-refractivity contribution in [2.24, 2.45) is 10.2 Å². The van der Waals surface area contributed by atoms with Crippen LogP contribution >= 0.6 is 20.2 Å². The van der Waals surface area contributed by atoms with E-state index in [1.165, 1.54) is 10.5 Å². The molecular weight excluding hydrogens is 957 g/mol. The van der Waals surface area contributed by atoms with Crippen LogP contribution in [0.15, 0.2) is 98.7 Å². The minimum Gasteiger partial charge on any atom is -0.378 e. The minimum absolute atomic E-state index is 0. The fourth-order valence-corrected chi connectivity index (χ4v) is 6.23. The van der Waals surface area contributed by atoms with Crippen LogP contribution in [-0.4, -0.2) is 65.9 Å². The average molecular weight is 1000 g/mol. The quantitative estimate of drug-likeness (QED) is 0.128. The van der Waals surface area contributed by atoms with Gasteiger partial charge in [-0.15, -0.1) is 0 Å². The van der Waals surface area contributed by atoms with E-state index >= 15 is 0 Å². The summed E-state index contributed by atoms with van der Waals surface area (Å²) in [6.45, 7) is 1.46. The van der Waals surface area contributed by atoms with Gasteiger partial charge in [-0.2, -0.15) is 0 Å². The minimum atomic E-state index is -1.64. The normalized spacial score (nSPS) is 11.2. The Labute approximate surface area is 314 Å². The van der Waals surface area contributed by atoms with Gasteiger partial charge in [0.1, 0.15) is 0 Å². The van der Waals surface area contributed by atoms with Crippen LogP contribution in [0.3, 0.4) is 0 Å². The molecule has 1 aliphatic heterocycles. The van der Waals surface area contributed by atoms with Crippen molar-refractivity contribution in [3.05, 3.63) is 111 Å². The van der Waals surface area contributed by atoms with Gasteiger partial charge in [0.15, 0.2) is 0 Å². The molecule has 5 rings (SSSR count). The number of amides is 4. The van der Waals surface area contributed by atoms with E-state index in [4.69, 9.17) is 4.44 Å². The third-order valence-corrected chi connectivity index (χ3v) is 9.55. The Morgan fingerprint density at radius 3 is 1.52 bits per heavy atom. The summed E-state index contributed by atoms with van der Waals surface area (Å²) in [5.41, 5.74) is 2.06. The van der Waals surface area contributed by atoms with Gasteiger partial charge in [0.25, 0.3) is 0 Å². The summed E-state index contributed by atoms with van der Waals surface area (Å²) in [6.07, 6.45) is 0. The first-order valence-electron chi connectivity index (χ1n) is 13.7. The zero-order valence-electron chi connectivity index (χ0n) is 27.2. The standard InChI is InChI=1S/C10H12N4O2.C10H10N4O2.C9H11IO2.2CH4.CH3.U/c2*1-13(2)7-3-5-8(6-4-7)14-9(15)11-12-10(14)16;1-8(11)12-10(2)9-6-4-3-5-7-9;;;;/h3-6H,1-2H3,(H,11,15)(H,12,16);3-6H,1-2H3;3-7H,1-2H3;2*1H4;1H3;/q;;;;;-1;/i;;;;;1D;. The topological polar surface area (TPSA) is 166 Å². The molecule has 48 heavy (non-hydrogen) atoms. The summed E-state index contributed by atoms with van der Waals surface area (Å²) in [6, 6.07) is 22.7. The summed E-state index contributed by atoms with van der Waals surface area (Å²) in [7, 11) is 10.2. The Morgan fingerprint density at radius 2 is 1.15 bits per heavy atom. The van der Waals surface area contributed by atoms with Gasteiger partial charge in [0.2, 0.25) is 0 Å². The number of H-pyrrole nitrogens is 2. The Hall–Kier alpha value is -4.01. The third-order valence-electron chi connectivity index (χ3n) is 5.80.